The lowest BCUT2D eigenvalue weighted by atomic mass is 9.91. The van der Waals surface area contributed by atoms with Crippen LogP contribution in [0, 0.1) is 5.92 Å². The van der Waals surface area contributed by atoms with Crippen LogP contribution in [-0.4, -0.2) is 29.8 Å². The Balaban J connectivity index is 1.81. The molecule has 1 fully saturated rings. The third kappa shape index (κ3) is 5.80. The Morgan fingerprint density at radius 3 is 2.66 bits per heavy atom. The molecule has 0 amide bonds. The molecule has 1 aromatic heterocycles. The van der Waals surface area contributed by atoms with Crippen molar-refractivity contribution in [3.05, 3.63) is 62.9 Å². The van der Waals surface area contributed by atoms with E-state index in [1.165, 1.54) is 29.7 Å². The van der Waals surface area contributed by atoms with Gasteiger partial charge in [-0.2, -0.15) is 0 Å². The van der Waals surface area contributed by atoms with Crippen molar-refractivity contribution in [1.82, 2.24) is 9.55 Å². The topological polar surface area (TPSA) is 124 Å². The maximum Gasteiger partial charge on any atom is 0.328 e. The first-order valence-corrected chi connectivity index (χ1v) is 11.4. The number of nitrogens with zero attached hydrogens (tertiary/aromatic N) is 1. The van der Waals surface area contributed by atoms with E-state index < -0.39 is 26.5 Å². The number of aromatic amines is 1. The molecule has 0 aliphatic heterocycles. The number of aryl methyl sites for hydroxylation is 1. The van der Waals surface area contributed by atoms with Crippen LogP contribution in [0.4, 0.5) is 0 Å². The third-order valence-electron chi connectivity index (χ3n) is 5.33. The minimum absolute atomic E-state index is 0.130. The van der Waals surface area contributed by atoms with Crippen molar-refractivity contribution in [2.75, 3.05) is 6.61 Å². The molecule has 29 heavy (non-hydrogen) atoms. The molecule has 0 bridgehead atoms. The summed E-state index contributed by atoms with van der Waals surface area (Å²) in [6.45, 7) is 2.71. The molecule has 0 saturated heterocycles. The van der Waals surface area contributed by atoms with Gasteiger partial charge in [0.2, 0.25) is 10.0 Å². The summed E-state index contributed by atoms with van der Waals surface area (Å²) < 4.78 is 31.9. The van der Waals surface area contributed by atoms with Gasteiger partial charge >= 0.3 is 5.69 Å². The second-order valence-electron chi connectivity index (χ2n) is 7.56. The zero-order chi connectivity index (χ0) is 21.0. The number of aromatic nitrogens is 2. The van der Waals surface area contributed by atoms with Crippen LogP contribution in [0.1, 0.15) is 44.1 Å². The molecular weight excluding hydrogens is 394 g/mol. The number of rotatable bonds is 10. The van der Waals surface area contributed by atoms with E-state index in [9.17, 15) is 18.0 Å². The normalized spacial score (nSPS) is 16.3. The lowest BCUT2D eigenvalue weighted by molar-refractivity contribution is 0.299. The smallest absolute Gasteiger partial charge is 0.328 e. The quantitative estimate of drug-likeness (QED) is 0.602. The molecule has 1 saturated carbocycles. The SMILES string of the molecule is CCC(c1cccc(OCC2CC2)c1)C(CCn1ccc(=O)[nH]c1=O)S(N)(=O)=O. The van der Waals surface area contributed by atoms with Gasteiger partial charge in [-0.15, -0.1) is 0 Å². The number of hydrogen-bond acceptors (Lipinski definition) is 5. The monoisotopic (exact) mass is 421 g/mol. The highest BCUT2D eigenvalue weighted by atomic mass is 32.2. The van der Waals surface area contributed by atoms with Crippen molar-refractivity contribution in [2.45, 2.75) is 50.3 Å². The van der Waals surface area contributed by atoms with Gasteiger partial charge in [0, 0.05) is 24.7 Å². The fourth-order valence-corrected chi connectivity index (χ4v) is 4.77. The van der Waals surface area contributed by atoms with E-state index in [0.717, 1.165) is 11.3 Å². The Bertz CT molecular complexity index is 1060. The van der Waals surface area contributed by atoms with Crippen LogP contribution in [0.3, 0.4) is 0 Å². The Hall–Kier alpha value is -2.39. The van der Waals surface area contributed by atoms with Gasteiger partial charge in [-0.1, -0.05) is 19.1 Å². The van der Waals surface area contributed by atoms with Gasteiger partial charge in [-0.3, -0.25) is 9.78 Å². The van der Waals surface area contributed by atoms with Crippen molar-refractivity contribution in [3.8, 4) is 5.75 Å². The van der Waals surface area contributed by atoms with Crippen LogP contribution >= 0.6 is 0 Å². The fourth-order valence-electron chi connectivity index (χ4n) is 3.53. The highest BCUT2D eigenvalue weighted by Gasteiger charge is 2.31. The molecule has 2 unspecified atom stereocenters. The Morgan fingerprint density at radius 1 is 1.28 bits per heavy atom. The van der Waals surface area contributed by atoms with Crippen LogP contribution < -0.4 is 21.1 Å². The van der Waals surface area contributed by atoms with Crippen molar-refractivity contribution < 1.29 is 13.2 Å². The van der Waals surface area contributed by atoms with Crippen LogP contribution in [-0.2, 0) is 16.6 Å². The molecule has 3 N–H and O–H groups in total. The van der Waals surface area contributed by atoms with E-state index >= 15 is 0 Å². The van der Waals surface area contributed by atoms with E-state index in [2.05, 4.69) is 4.98 Å². The summed E-state index contributed by atoms with van der Waals surface area (Å²) in [4.78, 5) is 25.3. The number of nitrogens with one attached hydrogen (secondary N) is 1. The van der Waals surface area contributed by atoms with Crippen molar-refractivity contribution >= 4 is 10.0 Å². The van der Waals surface area contributed by atoms with Crippen molar-refractivity contribution in [3.63, 3.8) is 0 Å². The van der Waals surface area contributed by atoms with E-state index in [1.807, 2.05) is 31.2 Å². The number of sulfonamides is 1. The summed E-state index contributed by atoms with van der Waals surface area (Å²) in [5.74, 6) is 0.999. The maximum absolute atomic E-state index is 12.4. The average molecular weight is 422 g/mol. The molecule has 158 valence electrons. The molecule has 1 heterocycles. The van der Waals surface area contributed by atoms with E-state index in [4.69, 9.17) is 9.88 Å². The first kappa shape index (κ1) is 21.3. The standard InChI is InChI=1S/C20H27N3O5S/c1-2-17(15-4-3-5-16(12-15)28-13-14-6-7-14)18(29(21,26)27)8-10-23-11-9-19(24)22-20(23)25/h3-5,9,11-12,14,17-18H,2,6-8,10,13H2,1H3,(H2,21,26,27)(H,22,24,25). The number of primary sulfonamides is 1. The van der Waals surface area contributed by atoms with Gasteiger partial charge in [0.05, 0.1) is 11.9 Å². The number of nitrogens with two attached hydrogens (primary N) is 1. The van der Waals surface area contributed by atoms with Crippen LogP contribution in [0.15, 0.2) is 46.1 Å². The van der Waals surface area contributed by atoms with Crippen LogP contribution in [0.2, 0.25) is 0 Å². The van der Waals surface area contributed by atoms with Crippen molar-refractivity contribution in [1.29, 1.82) is 0 Å². The summed E-state index contributed by atoms with van der Waals surface area (Å²) in [5, 5.41) is 4.69. The molecule has 1 aliphatic carbocycles. The predicted octanol–water partition coefficient (Wildman–Crippen LogP) is 1.57. The average Bonchev–Trinajstić information content (AvgIpc) is 3.48. The highest BCUT2D eigenvalue weighted by molar-refractivity contribution is 7.89. The Kier molecular flexibility index (Phi) is 6.59. The molecule has 8 nitrogen and oxygen atoms in total. The predicted molar refractivity (Wildman–Crippen MR) is 111 cm³/mol. The van der Waals surface area contributed by atoms with Gasteiger partial charge in [0.25, 0.3) is 5.56 Å². The highest BCUT2D eigenvalue weighted by Crippen LogP contribution is 2.33. The van der Waals surface area contributed by atoms with E-state index in [0.29, 0.717) is 18.9 Å². The Morgan fingerprint density at radius 2 is 2.03 bits per heavy atom. The molecular formula is C20H27N3O5S. The second kappa shape index (κ2) is 8.96. The fraction of sp³-hybridized carbons (Fsp3) is 0.500. The molecule has 9 heteroatoms. The Labute approximate surface area is 169 Å². The van der Waals surface area contributed by atoms with Crippen LogP contribution in [0.25, 0.3) is 0 Å². The molecule has 1 aliphatic rings. The molecule has 2 atom stereocenters. The van der Waals surface area contributed by atoms with Gasteiger partial charge < -0.3 is 9.30 Å². The number of H-pyrrole nitrogens is 1. The summed E-state index contributed by atoms with van der Waals surface area (Å²) in [7, 11) is -3.87. The number of benzene rings is 1. The zero-order valence-electron chi connectivity index (χ0n) is 16.4. The first-order valence-electron chi connectivity index (χ1n) is 9.82. The minimum Gasteiger partial charge on any atom is -0.493 e. The summed E-state index contributed by atoms with van der Waals surface area (Å²) in [6.07, 6.45) is 4.45. The van der Waals surface area contributed by atoms with Gasteiger partial charge in [0.1, 0.15) is 5.75 Å². The molecule has 1 aromatic carbocycles. The first-order chi connectivity index (χ1) is 13.8. The van der Waals surface area contributed by atoms with Gasteiger partial charge in [0.15, 0.2) is 0 Å². The molecule has 0 radical (unpaired) electrons. The zero-order valence-corrected chi connectivity index (χ0v) is 17.2. The second-order valence-corrected chi connectivity index (χ2v) is 9.34. The van der Waals surface area contributed by atoms with Crippen molar-refractivity contribution in [2.24, 2.45) is 11.1 Å². The third-order valence-corrected chi connectivity index (χ3v) is 6.74. The molecule has 3 rings (SSSR count). The molecule has 0 spiro atoms. The van der Waals surface area contributed by atoms with Crippen LogP contribution in [0.5, 0.6) is 5.75 Å². The van der Waals surface area contributed by atoms with Gasteiger partial charge in [-0.05, 0) is 49.3 Å². The number of hydrogen-bond donors (Lipinski definition) is 2. The number of ether oxygens (including phenoxy) is 1. The lowest BCUT2D eigenvalue weighted by Gasteiger charge is -2.25. The summed E-state index contributed by atoms with van der Waals surface area (Å²) in [5.41, 5.74) is -0.230. The summed E-state index contributed by atoms with van der Waals surface area (Å²) in [6, 6.07) is 8.70. The molecule has 2 aromatic rings. The van der Waals surface area contributed by atoms with E-state index in [1.54, 1.807) is 0 Å². The van der Waals surface area contributed by atoms with E-state index in [-0.39, 0.29) is 18.9 Å². The lowest BCUT2D eigenvalue weighted by Crippen LogP contribution is -2.36. The maximum atomic E-state index is 12.4. The van der Waals surface area contributed by atoms with Gasteiger partial charge in [-0.25, -0.2) is 18.4 Å². The largest absolute Gasteiger partial charge is 0.493 e. The minimum atomic E-state index is -3.87. The summed E-state index contributed by atoms with van der Waals surface area (Å²) >= 11 is 0.